The number of carbonyl (C=O) groups excluding carboxylic acids is 1. The zero-order valence-electron chi connectivity index (χ0n) is 13.8. The van der Waals surface area contributed by atoms with E-state index in [4.69, 9.17) is 0 Å². The van der Waals surface area contributed by atoms with E-state index in [0.29, 0.717) is 32.6 Å². The molecule has 4 nitrogen and oxygen atoms in total. The zero-order chi connectivity index (χ0) is 16.7. The molecule has 0 aromatic rings. The first-order valence-corrected chi connectivity index (χ1v) is 8.73. The second kappa shape index (κ2) is 8.87. The summed E-state index contributed by atoms with van der Waals surface area (Å²) in [6, 6.07) is 0. The Morgan fingerprint density at radius 2 is 1.52 bits per heavy atom. The Kier molecular flexibility index (Phi) is 7.14. The zero-order valence-corrected chi connectivity index (χ0v) is 13.8. The minimum absolute atomic E-state index is 0.117. The summed E-state index contributed by atoms with van der Waals surface area (Å²) in [5.41, 5.74) is 0. The van der Waals surface area contributed by atoms with Crippen molar-refractivity contribution in [1.29, 1.82) is 0 Å². The van der Waals surface area contributed by atoms with Crippen LogP contribution in [0.5, 0.6) is 0 Å². The van der Waals surface area contributed by atoms with Crippen molar-refractivity contribution in [3.8, 4) is 0 Å². The van der Waals surface area contributed by atoms with Crippen LogP contribution in [0.1, 0.15) is 38.5 Å². The van der Waals surface area contributed by atoms with Gasteiger partial charge in [-0.15, -0.1) is 0 Å². The first-order chi connectivity index (χ1) is 10.9. The average molecular weight is 335 g/mol. The molecule has 2 heterocycles. The second-order valence-electron chi connectivity index (χ2n) is 6.59. The lowest BCUT2D eigenvalue weighted by molar-refractivity contribution is -0.136. The molecule has 134 valence electrons. The third-order valence-electron chi connectivity index (χ3n) is 4.75. The van der Waals surface area contributed by atoms with Gasteiger partial charge in [-0.25, -0.2) is 0 Å². The summed E-state index contributed by atoms with van der Waals surface area (Å²) < 4.78 is 36.6. The Morgan fingerprint density at radius 1 is 0.826 bits per heavy atom. The molecule has 0 spiro atoms. The topological polar surface area (TPSA) is 26.8 Å². The van der Waals surface area contributed by atoms with Crippen molar-refractivity contribution in [2.24, 2.45) is 0 Å². The van der Waals surface area contributed by atoms with Crippen LogP contribution in [-0.4, -0.2) is 79.1 Å². The van der Waals surface area contributed by atoms with Gasteiger partial charge in [0.2, 0.25) is 5.91 Å². The van der Waals surface area contributed by atoms with E-state index in [1.807, 2.05) is 9.80 Å². The fourth-order valence-electron chi connectivity index (χ4n) is 3.32. The summed E-state index contributed by atoms with van der Waals surface area (Å²) in [7, 11) is 0. The fourth-order valence-corrected chi connectivity index (χ4v) is 3.32. The molecule has 0 unspecified atom stereocenters. The Hall–Kier alpha value is -0.820. The third-order valence-corrected chi connectivity index (χ3v) is 4.75. The van der Waals surface area contributed by atoms with Crippen molar-refractivity contribution < 1.29 is 18.0 Å². The van der Waals surface area contributed by atoms with Gasteiger partial charge in [0.25, 0.3) is 0 Å². The molecule has 2 rings (SSSR count). The summed E-state index contributed by atoms with van der Waals surface area (Å²) in [5, 5.41) is 0. The molecule has 0 atom stereocenters. The normalized spacial score (nSPS) is 22.4. The Morgan fingerprint density at radius 3 is 2.22 bits per heavy atom. The smallest absolute Gasteiger partial charge is 0.340 e. The van der Waals surface area contributed by atoms with Gasteiger partial charge in [-0.3, -0.25) is 4.79 Å². The second-order valence-corrected chi connectivity index (χ2v) is 6.59. The van der Waals surface area contributed by atoms with Crippen LogP contribution in [0, 0.1) is 0 Å². The highest BCUT2D eigenvalue weighted by molar-refractivity contribution is 5.76. The minimum Gasteiger partial charge on any atom is -0.340 e. The predicted molar refractivity (Wildman–Crippen MR) is 83.2 cm³/mol. The van der Waals surface area contributed by atoms with E-state index in [-0.39, 0.29) is 12.3 Å². The molecular weight excluding hydrogens is 307 g/mol. The van der Waals surface area contributed by atoms with Gasteiger partial charge >= 0.3 is 6.18 Å². The van der Waals surface area contributed by atoms with E-state index in [1.165, 1.54) is 19.3 Å². The summed E-state index contributed by atoms with van der Waals surface area (Å²) in [6.07, 6.45) is -0.510. The molecule has 0 N–H and O–H groups in total. The van der Waals surface area contributed by atoms with Crippen molar-refractivity contribution in [3.05, 3.63) is 0 Å². The monoisotopic (exact) mass is 335 g/mol. The quantitative estimate of drug-likeness (QED) is 0.745. The number of halogens is 3. The molecule has 0 bridgehead atoms. The van der Waals surface area contributed by atoms with E-state index >= 15 is 0 Å². The summed E-state index contributed by atoms with van der Waals surface area (Å²) >= 11 is 0. The highest BCUT2D eigenvalue weighted by Crippen LogP contribution is 2.21. The van der Waals surface area contributed by atoms with Gasteiger partial charge in [0.15, 0.2) is 0 Å². The maximum atomic E-state index is 12.2. The van der Waals surface area contributed by atoms with Crippen molar-refractivity contribution in [2.45, 2.75) is 44.7 Å². The van der Waals surface area contributed by atoms with Crippen LogP contribution in [-0.2, 0) is 4.79 Å². The van der Waals surface area contributed by atoms with Gasteiger partial charge in [-0.1, -0.05) is 6.42 Å². The molecule has 0 aromatic carbocycles. The standard InChI is InChI=1S/C16H28F3N3O/c17-16(18,19)6-4-9-21-10-5-15(23)22(14-12-21)13-11-20-7-2-1-3-8-20/h1-14H2. The van der Waals surface area contributed by atoms with E-state index in [1.54, 1.807) is 0 Å². The van der Waals surface area contributed by atoms with Crippen molar-refractivity contribution >= 4 is 5.91 Å². The highest BCUT2D eigenvalue weighted by Gasteiger charge is 2.27. The number of piperidine rings is 1. The van der Waals surface area contributed by atoms with Crippen molar-refractivity contribution in [2.75, 3.05) is 52.4 Å². The van der Waals surface area contributed by atoms with Crippen LogP contribution in [0.4, 0.5) is 13.2 Å². The molecular formula is C16H28F3N3O. The van der Waals surface area contributed by atoms with Gasteiger partial charge in [0, 0.05) is 45.6 Å². The Balaban J connectivity index is 1.69. The molecule has 0 aliphatic carbocycles. The number of nitrogens with zero attached hydrogens (tertiary/aromatic N) is 3. The third kappa shape index (κ3) is 7.08. The van der Waals surface area contributed by atoms with Crippen molar-refractivity contribution in [1.82, 2.24) is 14.7 Å². The molecule has 0 saturated carbocycles. The summed E-state index contributed by atoms with van der Waals surface area (Å²) in [4.78, 5) is 18.4. The summed E-state index contributed by atoms with van der Waals surface area (Å²) in [5.74, 6) is 0.139. The minimum atomic E-state index is -4.08. The molecule has 1 amide bonds. The van der Waals surface area contributed by atoms with Crippen LogP contribution < -0.4 is 0 Å². The number of hydrogen-bond donors (Lipinski definition) is 0. The van der Waals surface area contributed by atoms with E-state index < -0.39 is 12.6 Å². The van der Waals surface area contributed by atoms with Gasteiger partial charge in [-0.05, 0) is 38.9 Å². The maximum absolute atomic E-state index is 12.2. The van der Waals surface area contributed by atoms with Gasteiger partial charge < -0.3 is 14.7 Å². The molecule has 2 saturated heterocycles. The first kappa shape index (κ1) is 18.5. The van der Waals surface area contributed by atoms with E-state index in [2.05, 4.69) is 4.90 Å². The van der Waals surface area contributed by atoms with Crippen LogP contribution in [0.15, 0.2) is 0 Å². The Labute approximate surface area is 136 Å². The number of rotatable bonds is 6. The Bertz CT molecular complexity index is 370. The molecule has 0 aromatic heterocycles. The molecule has 0 radical (unpaired) electrons. The van der Waals surface area contributed by atoms with Crippen LogP contribution in [0.3, 0.4) is 0 Å². The number of alkyl halides is 3. The maximum Gasteiger partial charge on any atom is 0.389 e. The van der Waals surface area contributed by atoms with Gasteiger partial charge in [0.05, 0.1) is 0 Å². The molecule has 7 heteroatoms. The molecule has 23 heavy (non-hydrogen) atoms. The van der Waals surface area contributed by atoms with E-state index in [9.17, 15) is 18.0 Å². The van der Waals surface area contributed by atoms with Crippen LogP contribution >= 0.6 is 0 Å². The number of likely N-dealkylation sites (tertiary alicyclic amines) is 1. The van der Waals surface area contributed by atoms with E-state index in [0.717, 1.165) is 26.2 Å². The average Bonchev–Trinajstić information content (AvgIpc) is 2.68. The highest BCUT2D eigenvalue weighted by atomic mass is 19.4. The van der Waals surface area contributed by atoms with Crippen LogP contribution in [0.2, 0.25) is 0 Å². The largest absolute Gasteiger partial charge is 0.389 e. The predicted octanol–water partition coefficient (Wildman–Crippen LogP) is 2.35. The molecule has 2 fully saturated rings. The lowest BCUT2D eigenvalue weighted by Gasteiger charge is -2.29. The lowest BCUT2D eigenvalue weighted by atomic mass is 10.1. The summed E-state index contributed by atoms with van der Waals surface area (Å²) in [6.45, 7) is 6.22. The number of hydrogen-bond acceptors (Lipinski definition) is 3. The lowest BCUT2D eigenvalue weighted by Crippen LogP contribution is -2.41. The number of amides is 1. The van der Waals surface area contributed by atoms with Crippen molar-refractivity contribution in [3.63, 3.8) is 0 Å². The van der Waals surface area contributed by atoms with Gasteiger partial charge in [0.1, 0.15) is 0 Å². The molecule has 2 aliphatic rings. The SMILES string of the molecule is O=C1CCN(CCCC(F)(F)F)CCN1CCN1CCCCC1. The number of carbonyl (C=O) groups is 1. The van der Waals surface area contributed by atoms with Crippen LogP contribution in [0.25, 0.3) is 0 Å². The fraction of sp³-hybridized carbons (Fsp3) is 0.938. The van der Waals surface area contributed by atoms with Gasteiger partial charge in [-0.2, -0.15) is 13.2 Å². The molecule has 2 aliphatic heterocycles. The first-order valence-electron chi connectivity index (χ1n) is 8.73.